The van der Waals surface area contributed by atoms with Crippen LogP contribution >= 0.6 is 0 Å². The Morgan fingerprint density at radius 2 is 2.00 bits per heavy atom. The fourth-order valence-electron chi connectivity index (χ4n) is 2.95. The topological polar surface area (TPSA) is 92.1 Å². The number of carbonyl (C=O) groups excluding carboxylic acids is 1. The zero-order valence-corrected chi connectivity index (χ0v) is 17.2. The van der Waals surface area contributed by atoms with Crippen LogP contribution in [0.15, 0.2) is 24.3 Å². The van der Waals surface area contributed by atoms with Gasteiger partial charge in [0.15, 0.2) is 0 Å². The molecule has 5 N–H and O–H groups in total. The third-order valence-corrected chi connectivity index (χ3v) is 4.48. The Kier molecular flexibility index (Phi) is 8.14. The van der Waals surface area contributed by atoms with E-state index < -0.39 is 6.17 Å². The summed E-state index contributed by atoms with van der Waals surface area (Å²) < 4.78 is 13.6. The summed E-state index contributed by atoms with van der Waals surface area (Å²) >= 11 is 0. The van der Waals surface area contributed by atoms with Crippen LogP contribution in [0.1, 0.15) is 50.9 Å². The summed E-state index contributed by atoms with van der Waals surface area (Å²) in [5.41, 5.74) is 6.61. The number of carbonyl (C=O) groups is 1. The molecule has 2 aromatic rings. The van der Waals surface area contributed by atoms with E-state index in [4.69, 9.17) is 5.73 Å². The number of nitrogens with one attached hydrogen (secondary N) is 3. The second-order valence-corrected chi connectivity index (χ2v) is 7.61. The molecular formula is C21H32FN5O. The highest BCUT2D eigenvalue weighted by atomic mass is 19.1. The minimum atomic E-state index is -0.478. The lowest BCUT2D eigenvalue weighted by atomic mass is 10.1. The first-order valence-electron chi connectivity index (χ1n) is 9.94. The first kappa shape index (κ1) is 22.0. The molecule has 1 heterocycles. The number of amides is 1. The number of hydrogen-bond donors (Lipinski definition) is 4. The SMILES string of the molecule is CCC(CCNc1nc2cc(F)ccc2cc1C(=O)NC(C)N)NCC(C)C. The quantitative estimate of drug-likeness (QED) is 0.468. The second kappa shape index (κ2) is 10.3. The number of anilines is 1. The average Bonchev–Trinajstić information content (AvgIpc) is 2.62. The molecule has 2 unspecified atom stereocenters. The Bertz CT molecular complexity index is 794. The number of nitrogens with two attached hydrogens (primary N) is 1. The molecule has 0 fully saturated rings. The van der Waals surface area contributed by atoms with Gasteiger partial charge in [0.1, 0.15) is 11.6 Å². The molecule has 0 aliphatic rings. The molecule has 7 heteroatoms. The Hall–Kier alpha value is -2.25. The van der Waals surface area contributed by atoms with Gasteiger partial charge in [-0.05, 0) is 50.4 Å². The number of fused-ring (bicyclic) bond motifs is 1. The lowest BCUT2D eigenvalue weighted by Gasteiger charge is -2.19. The van der Waals surface area contributed by atoms with E-state index in [1.807, 2.05) is 0 Å². The van der Waals surface area contributed by atoms with Gasteiger partial charge < -0.3 is 21.7 Å². The molecule has 1 aromatic carbocycles. The van der Waals surface area contributed by atoms with E-state index >= 15 is 0 Å². The van der Waals surface area contributed by atoms with E-state index in [0.29, 0.717) is 40.8 Å². The summed E-state index contributed by atoms with van der Waals surface area (Å²) in [5.74, 6) is 0.367. The van der Waals surface area contributed by atoms with Gasteiger partial charge in [0.25, 0.3) is 5.91 Å². The van der Waals surface area contributed by atoms with Crippen molar-refractivity contribution in [2.24, 2.45) is 11.7 Å². The highest BCUT2D eigenvalue weighted by Gasteiger charge is 2.16. The smallest absolute Gasteiger partial charge is 0.256 e. The minimum Gasteiger partial charge on any atom is -0.369 e. The van der Waals surface area contributed by atoms with Crippen molar-refractivity contribution in [3.8, 4) is 0 Å². The minimum absolute atomic E-state index is 0.304. The standard InChI is InChI=1S/C21H32FN5O/c1-5-17(25-12-13(2)3)8-9-24-20-18(21(28)26-14(4)23)10-15-6-7-16(22)11-19(15)27-20/h6-7,10-11,13-14,17,25H,5,8-9,12,23H2,1-4H3,(H,24,27)(H,26,28). The molecule has 0 bridgehead atoms. The van der Waals surface area contributed by atoms with E-state index in [9.17, 15) is 9.18 Å². The lowest BCUT2D eigenvalue weighted by Crippen LogP contribution is -2.39. The van der Waals surface area contributed by atoms with Gasteiger partial charge in [-0.1, -0.05) is 20.8 Å². The third-order valence-electron chi connectivity index (χ3n) is 4.48. The zero-order chi connectivity index (χ0) is 20.7. The normalized spacial score (nSPS) is 13.5. The van der Waals surface area contributed by atoms with Gasteiger partial charge in [-0.3, -0.25) is 4.79 Å². The van der Waals surface area contributed by atoms with Crippen LogP contribution in [0.4, 0.5) is 10.2 Å². The third kappa shape index (κ3) is 6.42. The highest BCUT2D eigenvalue weighted by molar-refractivity contribution is 6.02. The van der Waals surface area contributed by atoms with Crippen molar-refractivity contribution < 1.29 is 9.18 Å². The van der Waals surface area contributed by atoms with Crippen molar-refractivity contribution in [2.75, 3.05) is 18.4 Å². The van der Waals surface area contributed by atoms with Crippen LogP contribution in [-0.4, -0.2) is 36.2 Å². The predicted molar refractivity (Wildman–Crippen MR) is 113 cm³/mol. The Morgan fingerprint density at radius 3 is 2.64 bits per heavy atom. The van der Waals surface area contributed by atoms with Crippen molar-refractivity contribution in [3.63, 3.8) is 0 Å². The van der Waals surface area contributed by atoms with Gasteiger partial charge in [0.05, 0.1) is 17.2 Å². The van der Waals surface area contributed by atoms with Crippen LogP contribution in [0.5, 0.6) is 0 Å². The number of nitrogens with zero attached hydrogens (tertiary/aromatic N) is 1. The molecule has 0 aliphatic heterocycles. The van der Waals surface area contributed by atoms with Gasteiger partial charge >= 0.3 is 0 Å². The Morgan fingerprint density at radius 1 is 1.25 bits per heavy atom. The van der Waals surface area contributed by atoms with Crippen molar-refractivity contribution in [3.05, 3.63) is 35.6 Å². The summed E-state index contributed by atoms with van der Waals surface area (Å²) in [6.45, 7) is 9.82. The number of pyridine rings is 1. The van der Waals surface area contributed by atoms with Gasteiger partial charge in [0.2, 0.25) is 0 Å². The molecule has 6 nitrogen and oxygen atoms in total. The van der Waals surface area contributed by atoms with E-state index in [1.54, 1.807) is 19.1 Å². The fraction of sp³-hybridized carbons (Fsp3) is 0.524. The predicted octanol–water partition coefficient (Wildman–Crippen LogP) is 3.23. The second-order valence-electron chi connectivity index (χ2n) is 7.61. The van der Waals surface area contributed by atoms with Crippen molar-refractivity contribution in [1.29, 1.82) is 0 Å². The first-order valence-corrected chi connectivity index (χ1v) is 9.94. The number of halogens is 1. The maximum atomic E-state index is 13.6. The maximum absolute atomic E-state index is 13.6. The molecule has 2 atom stereocenters. The van der Waals surface area contributed by atoms with E-state index in [0.717, 1.165) is 19.4 Å². The molecule has 2 rings (SSSR count). The highest BCUT2D eigenvalue weighted by Crippen LogP contribution is 2.22. The van der Waals surface area contributed by atoms with Gasteiger partial charge in [-0.25, -0.2) is 9.37 Å². The molecule has 1 aromatic heterocycles. The molecule has 0 aliphatic carbocycles. The van der Waals surface area contributed by atoms with E-state index in [1.165, 1.54) is 12.1 Å². The molecule has 28 heavy (non-hydrogen) atoms. The summed E-state index contributed by atoms with van der Waals surface area (Å²) in [5, 5.41) is 10.2. The van der Waals surface area contributed by atoms with Crippen LogP contribution in [0, 0.1) is 11.7 Å². The number of hydrogen-bond acceptors (Lipinski definition) is 5. The molecular weight excluding hydrogens is 357 g/mol. The maximum Gasteiger partial charge on any atom is 0.256 e. The Balaban J connectivity index is 2.18. The van der Waals surface area contributed by atoms with Crippen LogP contribution in [0.25, 0.3) is 10.9 Å². The van der Waals surface area contributed by atoms with Crippen LogP contribution in [0.2, 0.25) is 0 Å². The fourth-order valence-corrected chi connectivity index (χ4v) is 2.95. The van der Waals surface area contributed by atoms with Crippen molar-refractivity contribution in [1.82, 2.24) is 15.6 Å². The molecule has 154 valence electrons. The lowest BCUT2D eigenvalue weighted by molar-refractivity contribution is 0.0942. The molecule has 0 radical (unpaired) electrons. The van der Waals surface area contributed by atoms with Gasteiger partial charge in [-0.15, -0.1) is 0 Å². The summed E-state index contributed by atoms with van der Waals surface area (Å²) in [4.78, 5) is 17.0. The molecule has 0 spiro atoms. The van der Waals surface area contributed by atoms with Crippen molar-refractivity contribution in [2.45, 2.75) is 52.7 Å². The molecule has 0 saturated heterocycles. The average molecular weight is 390 g/mol. The van der Waals surface area contributed by atoms with E-state index in [-0.39, 0.29) is 11.7 Å². The van der Waals surface area contributed by atoms with Crippen molar-refractivity contribution >= 4 is 22.6 Å². The van der Waals surface area contributed by atoms with Crippen LogP contribution < -0.4 is 21.7 Å². The number of benzene rings is 1. The Labute approximate surface area is 166 Å². The summed E-state index contributed by atoms with van der Waals surface area (Å²) in [6, 6.07) is 6.45. The largest absolute Gasteiger partial charge is 0.369 e. The van der Waals surface area contributed by atoms with Gasteiger partial charge in [-0.2, -0.15) is 0 Å². The zero-order valence-electron chi connectivity index (χ0n) is 17.2. The van der Waals surface area contributed by atoms with Gasteiger partial charge in [0, 0.05) is 24.0 Å². The number of aromatic nitrogens is 1. The molecule has 1 amide bonds. The van der Waals surface area contributed by atoms with E-state index in [2.05, 4.69) is 41.7 Å². The first-order chi connectivity index (χ1) is 13.3. The summed E-state index contributed by atoms with van der Waals surface area (Å²) in [6.07, 6.45) is 1.43. The van der Waals surface area contributed by atoms with Crippen LogP contribution in [0.3, 0.4) is 0 Å². The molecule has 0 saturated carbocycles. The number of rotatable bonds is 10. The monoisotopic (exact) mass is 389 g/mol. The van der Waals surface area contributed by atoms with Crippen LogP contribution in [-0.2, 0) is 0 Å². The summed E-state index contributed by atoms with van der Waals surface area (Å²) in [7, 11) is 0.